The van der Waals surface area contributed by atoms with Gasteiger partial charge in [0, 0.05) is 28.0 Å². The van der Waals surface area contributed by atoms with E-state index in [0.29, 0.717) is 16.5 Å². The molecular weight excluding hydrogens is 362 g/mol. The van der Waals surface area contributed by atoms with Gasteiger partial charge in [-0.2, -0.15) is 5.10 Å². The quantitative estimate of drug-likeness (QED) is 0.688. The normalized spacial score (nSPS) is 19.8. The van der Waals surface area contributed by atoms with E-state index in [0.717, 1.165) is 35.2 Å². The van der Waals surface area contributed by atoms with Crippen molar-refractivity contribution in [1.29, 1.82) is 0 Å². The number of rotatable bonds is 4. The maximum atomic E-state index is 12.1. The molecule has 138 valence electrons. The van der Waals surface area contributed by atoms with Crippen molar-refractivity contribution in [2.24, 2.45) is 16.9 Å². The Morgan fingerprint density at radius 2 is 1.89 bits per heavy atom. The molecule has 0 bridgehead atoms. The maximum Gasteiger partial charge on any atom is 0.243 e. The molecule has 2 aromatic carbocycles. The van der Waals surface area contributed by atoms with Gasteiger partial charge in [-0.1, -0.05) is 37.9 Å². The third kappa shape index (κ3) is 3.35. The third-order valence-corrected chi connectivity index (χ3v) is 5.29. The lowest BCUT2D eigenvalue weighted by atomic mass is 9.82. The van der Waals surface area contributed by atoms with Crippen LogP contribution in [0.4, 0.5) is 0 Å². The Kier molecular flexibility index (Phi) is 4.70. The summed E-state index contributed by atoms with van der Waals surface area (Å²) >= 11 is 5.95. The SMILES string of the molecule is CCCC1C(=O)NN=C(c2ccc3nc(-c4ccc(Cl)cc4)oc3c2)[C@@H]1C. The molecule has 2 atom stereocenters. The highest BCUT2D eigenvalue weighted by atomic mass is 35.5. The number of benzene rings is 2. The number of hydrogen-bond donors (Lipinski definition) is 1. The van der Waals surface area contributed by atoms with Crippen molar-refractivity contribution in [2.75, 3.05) is 0 Å². The van der Waals surface area contributed by atoms with Crippen LogP contribution in [0, 0.1) is 11.8 Å². The maximum absolute atomic E-state index is 12.1. The number of hydrogen-bond acceptors (Lipinski definition) is 4. The van der Waals surface area contributed by atoms with Crippen LogP contribution in [0.15, 0.2) is 52.0 Å². The summed E-state index contributed by atoms with van der Waals surface area (Å²) in [5, 5.41) is 4.99. The van der Waals surface area contributed by atoms with Crippen LogP contribution in [0.3, 0.4) is 0 Å². The lowest BCUT2D eigenvalue weighted by molar-refractivity contribution is -0.126. The van der Waals surface area contributed by atoms with Gasteiger partial charge < -0.3 is 4.42 Å². The molecule has 1 amide bonds. The Morgan fingerprint density at radius 1 is 1.15 bits per heavy atom. The zero-order valence-corrected chi connectivity index (χ0v) is 16.0. The minimum Gasteiger partial charge on any atom is -0.436 e. The molecular formula is C21H20ClN3O2. The number of carbonyl (C=O) groups is 1. The number of amides is 1. The summed E-state index contributed by atoms with van der Waals surface area (Å²) in [7, 11) is 0. The number of hydrazone groups is 1. The molecule has 0 spiro atoms. The van der Waals surface area contributed by atoms with Crippen LogP contribution in [-0.2, 0) is 4.79 Å². The summed E-state index contributed by atoms with van der Waals surface area (Å²) in [5.41, 5.74) is 6.83. The smallest absolute Gasteiger partial charge is 0.243 e. The molecule has 6 heteroatoms. The van der Waals surface area contributed by atoms with Crippen LogP contribution in [-0.4, -0.2) is 16.6 Å². The van der Waals surface area contributed by atoms with E-state index >= 15 is 0 Å². The second kappa shape index (κ2) is 7.16. The second-order valence-electron chi connectivity index (χ2n) is 6.87. The molecule has 0 saturated heterocycles. The van der Waals surface area contributed by atoms with E-state index in [1.165, 1.54) is 0 Å². The summed E-state index contributed by atoms with van der Waals surface area (Å²) < 4.78 is 5.96. The molecule has 1 unspecified atom stereocenters. The Balaban J connectivity index is 1.69. The summed E-state index contributed by atoms with van der Waals surface area (Å²) in [5.74, 6) is 0.542. The Bertz CT molecular complexity index is 1020. The van der Waals surface area contributed by atoms with Gasteiger partial charge in [-0.05, 0) is 42.8 Å². The third-order valence-electron chi connectivity index (χ3n) is 5.03. The lowest BCUT2D eigenvalue weighted by Gasteiger charge is -2.27. The number of fused-ring (bicyclic) bond motifs is 1. The highest BCUT2D eigenvalue weighted by molar-refractivity contribution is 6.30. The Hall–Kier alpha value is -2.66. The first kappa shape index (κ1) is 17.7. The van der Waals surface area contributed by atoms with Crippen molar-refractivity contribution in [3.63, 3.8) is 0 Å². The van der Waals surface area contributed by atoms with E-state index in [1.54, 1.807) is 0 Å². The van der Waals surface area contributed by atoms with Crippen LogP contribution >= 0.6 is 11.6 Å². The molecule has 0 fully saturated rings. The van der Waals surface area contributed by atoms with Gasteiger partial charge in [-0.25, -0.2) is 10.4 Å². The molecule has 0 saturated carbocycles. The molecule has 5 nitrogen and oxygen atoms in total. The van der Waals surface area contributed by atoms with Crippen LogP contribution in [0.2, 0.25) is 5.02 Å². The zero-order chi connectivity index (χ0) is 19.0. The highest BCUT2D eigenvalue weighted by Crippen LogP contribution is 2.29. The van der Waals surface area contributed by atoms with Gasteiger partial charge in [0.2, 0.25) is 11.8 Å². The molecule has 1 N–H and O–H groups in total. The number of nitrogens with zero attached hydrogens (tertiary/aromatic N) is 2. The number of carbonyl (C=O) groups excluding carboxylic acids is 1. The zero-order valence-electron chi connectivity index (χ0n) is 15.2. The van der Waals surface area contributed by atoms with E-state index in [9.17, 15) is 4.79 Å². The van der Waals surface area contributed by atoms with E-state index in [-0.39, 0.29) is 17.7 Å². The standard InChI is InChI=1S/C21H20ClN3O2/c1-3-4-16-12(2)19(24-25-20(16)26)14-7-10-17-18(11-14)27-21(23-17)13-5-8-15(22)9-6-13/h5-12,16H,3-4H2,1-2H3,(H,25,26)/t12-,16?/m1/s1. The van der Waals surface area contributed by atoms with Crippen molar-refractivity contribution < 1.29 is 9.21 Å². The monoisotopic (exact) mass is 381 g/mol. The largest absolute Gasteiger partial charge is 0.436 e. The first-order valence-electron chi connectivity index (χ1n) is 9.11. The average Bonchev–Trinajstić information content (AvgIpc) is 3.09. The van der Waals surface area contributed by atoms with E-state index in [2.05, 4.69) is 29.4 Å². The molecule has 1 aliphatic rings. The van der Waals surface area contributed by atoms with Gasteiger partial charge in [0.15, 0.2) is 5.58 Å². The summed E-state index contributed by atoms with van der Waals surface area (Å²) in [6, 6.07) is 13.2. The fourth-order valence-electron chi connectivity index (χ4n) is 3.54. The molecule has 0 aliphatic carbocycles. The second-order valence-corrected chi connectivity index (χ2v) is 7.30. The van der Waals surface area contributed by atoms with Crippen molar-refractivity contribution in [3.05, 3.63) is 53.1 Å². The van der Waals surface area contributed by atoms with Gasteiger partial charge in [0.25, 0.3) is 0 Å². The highest BCUT2D eigenvalue weighted by Gasteiger charge is 2.32. The predicted octanol–water partition coefficient (Wildman–Crippen LogP) is 5.03. The van der Waals surface area contributed by atoms with Crippen LogP contribution in [0.5, 0.6) is 0 Å². The van der Waals surface area contributed by atoms with E-state index < -0.39 is 0 Å². The van der Waals surface area contributed by atoms with Crippen LogP contribution < -0.4 is 5.43 Å². The average molecular weight is 382 g/mol. The fourth-order valence-corrected chi connectivity index (χ4v) is 3.66. The van der Waals surface area contributed by atoms with Crippen molar-refractivity contribution in [2.45, 2.75) is 26.7 Å². The van der Waals surface area contributed by atoms with Gasteiger partial charge in [-0.15, -0.1) is 0 Å². The molecule has 3 aromatic rings. The number of aromatic nitrogens is 1. The molecule has 2 heterocycles. The molecule has 0 radical (unpaired) electrons. The minimum absolute atomic E-state index is 0.00105. The Labute approximate surface area is 162 Å². The van der Waals surface area contributed by atoms with Crippen LogP contribution in [0.1, 0.15) is 32.3 Å². The Morgan fingerprint density at radius 3 is 2.63 bits per heavy atom. The van der Waals surface area contributed by atoms with Gasteiger partial charge in [0.1, 0.15) is 5.52 Å². The summed E-state index contributed by atoms with van der Waals surface area (Å²) in [6.45, 7) is 4.14. The van der Waals surface area contributed by atoms with Gasteiger partial charge in [0.05, 0.1) is 5.71 Å². The topological polar surface area (TPSA) is 67.5 Å². The van der Waals surface area contributed by atoms with E-state index in [1.807, 2.05) is 42.5 Å². The fraction of sp³-hybridized carbons (Fsp3) is 0.286. The number of nitrogens with one attached hydrogen (secondary N) is 1. The predicted molar refractivity (Wildman–Crippen MR) is 107 cm³/mol. The van der Waals surface area contributed by atoms with Crippen LogP contribution in [0.25, 0.3) is 22.6 Å². The molecule has 27 heavy (non-hydrogen) atoms. The number of oxazole rings is 1. The van der Waals surface area contributed by atoms with Gasteiger partial charge in [-0.3, -0.25) is 4.79 Å². The van der Waals surface area contributed by atoms with Crippen molar-refractivity contribution in [3.8, 4) is 11.5 Å². The minimum atomic E-state index is -0.0578. The first-order valence-corrected chi connectivity index (χ1v) is 9.49. The van der Waals surface area contributed by atoms with Gasteiger partial charge >= 0.3 is 0 Å². The molecule has 4 rings (SSSR count). The lowest BCUT2D eigenvalue weighted by Crippen LogP contribution is -2.40. The molecule has 1 aromatic heterocycles. The van der Waals surface area contributed by atoms with Crippen molar-refractivity contribution >= 4 is 34.3 Å². The van der Waals surface area contributed by atoms with E-state index in [4.69, 9.17) is 16.0 Å². The number of halogens is 1. The summed E-state index contributed by atoms with van der Waals surface area (Å²) in [6.07, 6.45) is 1.80. The first-order chi connectivity index (χ1) is 13.1. The van der Waals surface area contributed by atoms with Crippen molar-refractivity contribution in [1.82, 2.24) is 10.4 Å². The summed E-state index contributed by atoms with van der Waals surface area (Å²) in [4.78, 5) is 16.7. The molecule has 1 aliphatic heterocycles.